The lowest BCUT2D eigenvalue weighted by Gasteiger charge is -2.50. The Morgan fingerprint density at radius 3 is 2.17 bits per heavy atom. The van der Waals surface area contributed by atoms with E-state index >= 15 is 0 Å². The van der Waals surface area contributed by atoms with Crippen LogP contribution in [0.25, 0.3) is 0 Å². The molecule has 3 aromatic rings. The van der Waals surface area contributed by atoms with Crippen LogP contribution in [0.4, 0.5) is 5.69 Å². The topological polar surface area (TPSA) is 55.8 Å². The molecule has 3 aromatic carbocycles. The molecular weight excluding hydrogens is 470 g/mol. The maximum atomic E-state index is 13.3. The summed E-state index contributed by atoms with van der Waals surface area (Å²) in [7, 11) is 0. The van der Waals surface area contributed by atoms with Gasteiger partial charge in [-0.25, -0.2) is 4.79 Å². The van der Waals surface area contributed by atoms with Crippen LogP contribution >= 0.6 is 27.5 Å². The van der Waals surface area contributed by atoms with Gasteiger partial charge in [0, 0.05) is 20.7 Å². The summed E-state index contributed by atoms with van der Waals surface area (Å²) < 4.78 is 12.5. The Bertz CT molecular complexity index is 1120. The standard InChI is InChI=1S/C23H15BrClNO4/c24-16-10-6-15(7-11-16)20-29-22(28)23(30-20)19(14-8-12-17(25)13-9-14)26(21(23)27)18-4-2-1-3-5-18/h1-13,19-20H/t19-,20+,23-/m1/s1. The lowest BCUT2D eigenvalue weighted by atomic mass is 9.77. The molecule has 150 valence electrons. The summed E-state index contributed by atoms with van der Waals surface area (Å²) in [5, 5.41) is 0.562. The van der Waals surface area contributed by atoms with E-state index in [1.54, 1.807) is 41.3 Å². The Hall–Kier alpha value is -2.67. The fourth-order valence-corrected chi connectivity index (χ4v) is 4.30. The molecule has 0 aromatic heterocycles. The first kappa shape index (κ1) is 19.3. The van der Waals surface area contributed by atoms with Crippen LogP contribution in [-0.4, -0.2) is 17.5 Å². The molecule has 0 unspecified atom stereocenters. The summed E-state index contributed by atoms with van der Waals surface area (Å²) in [5.74, 6) is -1.13. The molecule has 0 radical (unpaired) electrons. The van der Waals surface area contributed by atoms with Crippen molar-refractivity contribution in [2.75, 3.05) is 4.90 Å². The summed E-state index contributed by atoms with van der Waals surface area (Å²) in [4.78, 5) is 27.9. The van der Waals surface area contributed by atoms with Crippen molar-refractivity contribution in [3.63, 3.8) is 0 Å². The van der Waals surface area contributed by atoms with Crippen LogP contribution < -0.4 is 4.90 Å². The van der Waals surface area contributed by atoms with E-state index in [9.17, 15) is 9.59 Å². The Labute approximate surface area is 186 Å². The molecule has 2 aliphatic heterocycles. The molecule has 2 aliphatic rings. The van der Waals surface area contributed by atoms with Crippen molar-refractivity contribution < 1.29 is 19.1 Å². The molecule has 5 rings (SSSR count). The van der Waals surface area contributed by atoms with Crippen LogP contribution in [-0.2, 0) is 19.1 Å². The van der Waals surface area contributed by atoms with Gasteiger partial charge in [0.2, 0.25) is 6.29 Å². The largest absolute Gasteiger partial charge is 0.429 e. The van der Waals surface area contributed by atoms with Gasteiger partial charge in [-0.15, -0.1) is 0 Å². The van der Waals surface area contributed by atoms with Gasteiger partial charge in [-0.05, 0) is 42.0 Å². The zero-order chi connectivity index (χ0) is 20.9. The molecule has 2 saturated heterocycles. The quantitative estimate of drug-likeness (QED) is 0.291. The van der Waals surface area contributed by atoms with Gasteiger partial charge in [-0.1, -0.05) is 70.0 Å². The molecule has 2 heterocycles. The van der Waals surface area contributed by atoms with Crippen molar-refractivity contribution in [1.29, 1.82) is 0 Å². The van der Waals surface area contributed by atoms with Crippen molar-refractivity contribution in [1.82, 2.24) is 0 Å². The number of nitrogens with zero attached hydrogens (tertiary/aromatic N) is 1. The minimum atomic E-state index is -1.73. The number of halogens is 2. The van der Waals surface area contributed by atoms with Gasteiger partial charge in [-0.3, -0.25) is 9.69 Å². The number of esters is 1. The highest BCUT2D eigenvalue weighted by Gasteiger charge is 2.73. The van der Waals surface area contributed by atoms with Gasteiger partial charge in [0.05, 0.1) is 0 Å². The van der Waals surface area contributed by atoms with Gasteiger partial charge in [0.25, 0.3) is 11.5 Å². The molecule has 7 heteroatoms. The van der Waals surface area contributed by atoms with Gasteiger partial charge >= 0.3 is 5.97 Å². The summed E-state index contributed by atoms with van der Waals surface area (Å²) >= 11 is 9.43. The molecule has 0 saturated carbocycles. The fraction of sp³-hybridized carbons (Fsp3) is 0.130. The highest BCUT2D eigenvalue weighted by Crippen LogP contribution is 2.54. The first-order valence-corrected chi connectivity index (χ1v) is 10.5. The number of hydrogen-bond donors (Lipinski definition) is 0. The predicted octanol–water partition coefficient (Wildman–Crippen LogP) is 5.20. The maximum Gasteiger partial charge on any atom is 0.353 e. The van der Waals surface area contributed by atoms with E-state index in [1.165, 1.54) is 0 Å². The van der Waals surface area contributed by atoms with Crippen molar-refractivity contribution in [3.05, 3.63) is 99.5 Å². The summed E-state index contributed by atoms with van der Waals surface area (Å²) in [6.45, 7) is 0. The van der Waals surface area contributed by atoms with E-state index in [-0.39, 0.29) is 0 Å². The van der Waals surface area contributed by atoms with E-state index in [0.717, 1.165) is 10.0 Å². The molecule has 0 N–H and O–H groups in total. The summed E-state index contributed by atoms with van der Waals surface area (Å²) in [5.41, 5.74) is 0.332. The van der Waals surface area contributed by atoms with Crippen LogP contribution in [0, 0.1) is 0 Å². The molecule has 1 amide bonds. The van der Waals surface area contributed by atoms with Crippen LogP contribution in [0.1, 0.15) is 23.5 Å². The van der Waals surface area contributed by atoms with Crippen molar-refractivity contribution in [2.24, 2.45) is 0 Å². The number of ether oxygens (including phenoxy) is 2. The van der Waals surface area contributed by atoms with Crippen LogP contribution in [0.3, 0.4) is 0 Å². The second-order valence-corrected chi connectivity index (χ2v) is 8.46. The molecular formula is C23H15BrClNO4. The Kier molecular flexibility index (Phi) is 4.65. The number of β-lactam (4-membered cyclic amide) rings is 1. The second kappa shape index (κ2) is 7.23. The minimum absolute atomic E-state index is 0.446. The summed E-state index contributed by atoms with van der Waals surface area (Å²) in [6, 6.07) is 22.8. The average molecular weight is 485 g/mol. The summed E-state index contributed by atoms with van der Waals surface area (Å²) in [6.07, 6.45) is -0.956. The second-order valence-electron chi connectivity index (χ2n) is 7.11. The number of cyclic esters (lactones) is 1. The fourth-order valence-electron chi connectivity index (χ4n) is 3.91. The number of rotatable bonds is 3. The van der Waals surface area contributed by atoms with E-state index in [0.29, 0.717) is 16.3 Å². The van der Waals surface area contributed by atoms with Crippen LogP contribution in [0.15, 0.2) is 83.3 Å². The van der Waals surface area contributed by atoms with Crippen molar-refractivity contribution in [2.45, 2.75) is 17.9 Å². The van der Waals surface area contributed by atoms with Gasteiger partial charge in [0.15, 0.2) is 0 Å². The Balaban J connectivity index is 1.57. The van der Waals surface area contributed by atoms with E-state index in [1.807, 2.05) is 42.5 Å². The van der Waals surface area contributed by atoms with Crippen LogP contribution in [0.2, 0.25) is 5.02 Å². The Morgan fingerprint density at radius 1 is 0.867 bits per heavy atom. The third-order valence-corrected chi connectivity index (χ3v) is 6.13. The van der Waals surface area contributed by atoms with E-state index in [2.05, 4.69) is 15.9 Å². The SMILES string of the molecule is O=C1O[C@H](c2ccc(Br)cc2)O[C@]12C(=O)N(c1ccccc1)[C@@H]2c1ccc(Cl)cc1. The van der Waals surface area contributed by atoms with Gasteiger partial charge in [-0.2, -0.15) is 0 Å². The average Bonchev–Trinajstić information content (AvgIpc) is 3.13. The monoisotopic (exact) mass is 483 g/mol. The lowest BCUT2D eigenvalue weighted by Crippen LogP contribution is -2.71. The predicted molar refractivity (Wildman–Crippen MR) is 115 cm³/mol. The molecule has 30 heavy (non-hydrogen) atoms. The van der Waals surface area contributed by atoms with E-state index < -0.39 is 29.8 Å². The zero-order valence-electron chi connectivity index (χ0n) is 15.5. The van der Waals surface area contributed by atoms with E-state index in [4.69, 9.17) is 21.1 Å². The lowest BCUT2D eigenvalue weighted by molar-refractivity contribution is -0.168. The molecule has 5 nitrogen and oxygen atoms in total. The third kappa shape index (κ3) is 2.87. The highest BCUT2D eigenvalue weighted by atomic mass is 79.9. The number of hydrogen-bond acceptors (Lipinski definition) is 4. The normalized spacial score (nSPS) is 25.3. The number of carbonyl (C=O) groups is 2. The smallest absolute Gasteiger partial charge is 0.353 e. The number of amides is 1. The van der Waals surface area contributed by atoms with Gasteiger partial charge < -0.3 is 9.47 Å². The zero-order valence-corrected chi connectivity index (χ0v) is 17.8. The Morgan fingerprint density at radius 2 is 1.50 bits per heavy atom. The van der Waals surface area contributed by atoms with Crippen LogP contribution in [0.5, 0.6) is 0 Å². The number of anilines is 1. The molecule has 0 bridgehead atoms. The molecule has 0 aliphatic carbocycles. The first-order chi connectivity index (χ1) is 14.5. The molecule has 3 atom stereocenters. The highest BCUT2D eigenvalue weighted by molar-refractivity contribution is 9.10. The third-order valence-electron chi connectivity index (χ3n) is 5.35. The number of carbonyl (C=O) groups excluding carboxylic acids is 2. The number of benzene rings is 3. The number of para-hydroxylation sites is 1. The molecule has 1 spiro atoms. The van der Waals surface area contributed by atoms with Crippen molar-refractivity contribution >= 4 is 45.1 Å². The first-order valence-electron chi connectivity index (χ1n) is 9.29. The maximum absolute atomic E-state index is 13.3. The van der Waals surface area contributed by atoms with Gasteiger partial charge in [0.1, 0.15) is 6.04 Å². The minimum Gasteiger partial charge on any atom is -0.429 e. The molecule has 2 fully saturated rings. The van der Waals surface area contributed by atoms with Crippen molar-refractivity contribution in [3.8, 4) is 0 Å².